The maximum atomic E-state index is 5.10. The molecule has 0 atom stereocenters. The summed E-state index contributed by atoms with van der Waals surface area (Å²) in [6.45, 7) is 31.2. The van der Waals surface area contributed by atoms with E-state index in [-0.39, 0.29) is 0 Å². The zero-order valence-electron chi connectivity index (χ0n) is 25.8. The van der Waals surface area contributed by atoms with Gasteiger partial charge in [0.1, 0.15) is 17.5 Å². The lowest BCUT2D eigenvalue weighted by atomic mass is 9.94. The molecule has 3 aromatic heterocycles. The minimum atomic E-state index is 0.787. The molecular formula is C34H42N4. The minimum Gasteiger partial charge on any atom is -0.298 e. The summed E-state index contributed by atoms with van der Waals surface area (Å²) < 4.78 is 4.79. The molecule has 0 saturated heterocycles. The summed E-state index contributed by atoms with van der Waals surface area (Å²) in [6, 6.07) is 0. The Kier molecular flexibility index (Phi) is 5.90. The molecule has 0 amide bonds. The average molecular weight is 507 g/mol. The van der Waals surface area contributed by atoms with Crippen LogP contribution in [0.3, 0.4) is 0 Å². The van der Waals surface area contributed by atoms with Crippen LogP contribution in [0.5, 0.6) is 0 Å². The predicted octanol–water partition coefficient (Wildman–Crippen LogP) is 8.68. The first-order valence-corrected chi connectivity index (χ1v) is 13.7. The fourth-order valence-electron chi connectivity index (χ4n) is 6.66. The highest BCUT2D eigenvalue weighted by Crippen LogP contribution is 2.40. The molecule has 198 valence electrons. The number of fused-ring (bicyclic) bond motifs is 2. The quantitative estimate of drug-likeness (QED) is 0.240. The van der Waals surface area contributed by atoms with Gasteiger partial charge >= 0.3 is 0 Å². The van der Waals surface area contributed by atoms with Gasteiger partial charge in [0.2, 0.25) is 0 Å². The van der Waals surface area contributed by atoms with Crippen LogP contribution in [-0.4, -0.2) is 19.1 Å². The van der Waals surface area contributed by atoms with Crippen LogP contribution in [0.1, 0.15) is 78.4 Å². The van der Waals surface area contributed by atoms with Gasteiger partial charge in [0.05, 0.1) is 11.0 Å². The van der Waals surface area contributed by atoms with Crippen molar-refractivity contribution in [2.24, 2.45) is 0 Å². The fraction of sp³-hybridized carbons (Fsp3) is 0.412. The Morgan fingerprint density at radius 1 is 0.342 bits per heavy atom. The van der Waals surface area contributed by atoms with E-state index in [9.17, 15) is 0 Å². The van der Waals surface area contributed by atoms with Gasteiger partial charge in [0.15, 0.2) is 0 Å². The molecule has 38 heavy (non-hydrogen) atoms. The van der Waals surface area contributed by atoms with Gasteiger partial charge in [-0.3, -0.25) is 9.13 Å². The van der Waals surface area contributed by atoms with Crippen molar-refractivity contribution in [1.29, 1.82) is 0 Å². The van der Waals surface area contributed by atoms with E-state index in [0.29, 0.717) is 0 Å². The number of hydrogen-bond acceptors (Lipinski definition) is 2. The summed E-state index contributed by atoms with van der Waals surface area (Å²) in [5, 5.41) is 2.72. The zero-order valence-corrected chi connectivity index (χ0v) is 25.8. The number of nitrogens with zero attached hydrogens (tertiary/aromatic N) is 4. The maximum absolute atomic E-state index is 5.10. The number of aryl methyl sites for hydroxylation is 7. The van der Waals surface area contributed by atoms with Gasteiger partial charge in [-0.05, 0) is 153 Å². The Labute approximate surface area is 227 Å². The van der Waals surface area contributed by atoms with E-state index in [1.165, 1.54) is 88.8 Å². The molecule has 3 heterocycles. The van der Waals surface area contributed by atoms with Crippen LogP contribution in [0, 0.1) is 96.9 Å². The number of benzene rings is 2. The third-order valence-electron chi connectivity index (χ3n) is 9.89. The summed E-state index contributed by atoms with van der Waals surface area (Å²) in [7, 11) is 0. The summed E-state index contributed by atoms with van der Waals surface area (Å²) in [4.78, 5) is 10.2. The Morgan fingerprint density at radius 3 is 1.00 bits per heavy atom. The van der Waals surface area contributed by atoms with Gasteiger partial charge in [-0.15, -0.1) is 0 Å². The Morgan fingerprint density at radius 2 is 0.658 bits per heavy atom. The second-order valence-corrected chi connectivity index (χ2v) is 11.6. The van der Waals surface area contributed by atoms with Crippen molar-refractivity contribution >= 4 is 21.8 Å². The van der Waals surface area contributed by atoms with E-state index in [1.807, 2.05) is 6.92 Å². The van der Waals surface area contributed by atoms with E-state index < -0.39 is 0 Å². The lowest BCUT2D eigenvalue weighted by Gasteiger charge is -2.20. The number of aromatic nitrogens is 4. The zero-order chi connectivity index (χ0) is 28.1. The fourth-order valence-corrected chi connectivity index (χ4v) is 6.66. The minimum absolute atomic E-state index is 0.787. The van der Waals surface area contributed by atoms with E-state index in [1.54, 1.807) is 0 Å². The molecule has 0 fully saturated rings. The molecule has 0 aliphatic rings. The van der Waals surface area contributed by atoms with Crippen LogP contribution in [0.2, 0.25) is 0 Å². The van der Waals surface area contributed by atoms with E-state index >= 15 is 0 Å². The monoisotopic (exact) mass is 506 g/mol. The molecule has 0 N–H and O–H groups in total. The highest BCUT2D eigenvalue weighted by atomic mass is 15.2. The maximum Gasteiger partial charge on any atom is 0.146 e. The van der Waals surface area contributed by atoms with E-state index in [2.05, 4.69) is 99.1 Å². The van der Waals surface area contributed by atoms with E-state index in [0.717, 1.165) is 23.0 Å². The molecule has 0 unspecified atom stereocenters. The summed E-state index contributed by atoms with van der Waals surface area (Å²) in [5.41, 5.74) is 19.7. The molecule has 0 saturated carbocycles. The molecule has 0 aliphatic heterocycles. The lowest BCUT2D eigenvalue weighted by Crippen LogP contribution is -2.13. The number of rotatable bonds is 2. The van der Waals surface area contributed by atoms with Crippen LogP contribution >= 0.6 is 0 Å². The van der Waals surface area contributed by atoms with E-state index in [4.69, 9.17) is 9.97 Å². The second-order valence-electron chi connectivity index (χ2n) is 11.6. The molecule has 0 aliphatic carbocycles. The second kappa shape index (κ2) is 8.56. The highest BCUT2D eigenvalue weighted by molar-refractivity contribution is 5.95. The Bertz CT molecular complexity index is 1710. The summed E-state index contributed by atoms with van der Waals surface area (Å²) in [5.74, 6) is 2.74. The first kappa shape index (κ1) is 26.2. The van der Waals surface area contributed by atoms with Gasteiger partial charge < -0.3 is 0 Å². The summed E-state index contributed by atoms with van der Waals surface area (Å²) in [6.07, 6.45) is 0. The molecule has 0 spiro atoms. The smallest absolute Gasteiger partial charge is 0.146 e. The third kappa shape index (κ3) is 3.22. The molecular weight excluding hydrogens is 464 g/mol. The van der Waals surface area contributed by atoms with Crippen molar-refractivity contribution in [3.05, 3.63) is 78.4 Å². The van der Waals surface area contributed by atoms with Crippen LogP contribution in [0.25, 0.3) is 33.4 Å². The predicted molar refractivity (Wildman–Crippen MR) is 162 cm³/mol. The van der Waals surface area contributed by atoms with Crippen molar-refractivity contribution in [2.75, 3.05) is 0 Å². The van der Waals surface area contributed by atoms with Crippen molar-refractivity contribution in [3.8, 4) is 11.6 Å². The van der Waals surface area contributed by atoms with Crippen molar-refractivity contribution < 1.29 is 0 Å². The van der Waals surface area contributed by atoms with Crippen LogP contribution in [0.15, 0.2) is 0 Å². The lowest BCUT2D eigenvalue weighted by molar-refractivity contribution is 0.868. The van der Waals surface area contributed by atoms with Crippen molar-refractivity contribution in [1.82, 2.24) is 19.1 Å². The molecule has 4 nitrogen and oxygen atoms in total. The van der Waals surface area contributed by atoms with Gasteiger partial charge in [-0.1, -0.05) is 0 Å². The molecule has 0 radical (unpaired) electrons. The standard InChI is InChI=1S/C34H42N4/c1-15-17(3)21(7)31-29(19(15)5)23(9)26(12)37(31)33-25(11)34(36-28(14)35-33)38-27(13)24(10)30-20(6)16(2)18(4)22(8)32(30)38/h1-14H3. The van der Waals surface area contributed by atoms with Crippen LogP contribution < -0.4 is 0 Å². The van der Waals surface area contributed by atoms with Gasteiger partial charge in [-0.2, -0.15) is 0 Å². The van der Waals surface area contributed by atoms with Gasteiger partial charge in [0.25, 0.3) is 0 Å². The topological polar surface area (TPSA) is 35.6 Å². The van der Waals surface area contributed by atoms with Gasteiger partial charge in [0, 0.05) is 27.7 Å². The van der Waals surface area contributed by atoms with Crippen LogP contribution in [0.4, 0.5) is 0 Å². The molecule has 0 bridgehead atoms. The summed E-state index contributed by atoms with van der Waals surface area (Å²) >= 11 is 0. The number of hydrogen-bond donors (Lipinski definition) is 0. The van der Waals surface area contributed by atoms with Crippen molar-refractivity contribution in [2.45, 2.75) is 96.9 Å². The molecule has 5 rings (SSSR count). The Hall–Kier alpha value is -3.40. The molecule has 4 heteroatoms. The van der Waals surface area contributed by atoms with Crippen LogP contribution in [-0.2, 0) is 0 Å². The third-order valence-corrected chi connectivity index (χ3v) is 9.89. The SMILES string of the molecule is Cc1nc(-n2c(C)c(C)c3c(C)c(C)c(C)c(C)c32)c(C)c(-n2c(C)c(C)c3c(C)c(C)c(C)c(C)c32)n1. The normalized spacial score (nSPS) is 11.9. The first-order valence-electron chi connectivity index (χ1n) is 13.7. The Balaban J connectivity index is 1.96. The molecule has 5 aromatic rings. The van der Waals surface area contributed by atoms with Gasteiger partial charge in [-0.25, -0.2) is 9.97 Å². The average Bonchev–Trinajstić information content (AvgIpc) is 3.29. The highest BCUT2D eigenvalue weighted by Gasteiger charge is 2.26. The first-order chi connectivity index (χ1) is 17.7. The molecule has 2 aromatic carbocycles. The van der Waals surface area contributed by atoms with Crippen molar-refractivity contribution in [3.63, 3.8) is 0 Å². The largest absolute Gasteiger partial charge is 0.298 e.